The van der Waals surface area contributed by atoms with Gasteiger partial charge < -0.3 is 20.7 Å². The van der Waals surface area contributed by atoms with Crippen LogP contribution in [0.4, 0.5) is 10.2 Å². The van der Waals surface area contributed by atoms with Gasteiger partial charge in [-0.1, -0.05) is 9.24 Å². The summed E-state index contributed by atoms with van der Waals surface area (Å²) in [7, 11) is 1.88. The fraction of sp³-hybridized carbons (Fsp3) is 0.667. The number of hydrogen-bond donors (Lipinski definition) is 3. The molecule has 1 fully saturated rings. The van der Waals surface area contributed by atoms with Crippen LogP contribution in [0, 0.1) is 0 Å². The zero-order valence-corrected chi connectivity index (χ0v) is 13.2. The number of rotatable bonds is 2. The van der Waals surface area contributed by atoms with Crippen LogP contribution in [0.5, 0.6) is 0 Å². The molecule has 0 saturated carbocycles. The van der Waals surface area contributed by atoms with Gasteiger partial charge in [0, 0.05) is 6.20 Å². The molecule has 0 radical (unpaired) electrons. The summed E-state index contributed by atoms with van der Waals surface area (Å²) in [6.07, 6.45) is 1.24. The number of aliphatic hydroxyl groups is 2. The van der Waals surface area contributed by atoms with Crippen molar-refractivity contribution in [3.8, 4) is 0 Å². The lowest BCUT2D eigenvalue weighted by Gasteiger charge is -2.39. The van der Waals surface area contributed by atoms with Crippen LogP contribution in [0.25, 0.3) is 0 Å². The third kappa shape index (κ3) is 1.86. The molecule has 1 aromatic rings. The minimum Gasteiger partial charge on any atom is -0.393 e. The Morgan fingerprint density at radius 2 is 2.10 bits per heavy atom. The molecule has 0 spiro atoms. The number of alkyl halides is 1. The van der Waals surface area contributed by atoms with Crippen LogP contribution in [0.3, 0.4) is 0 Å². The fourth-order valence-electron chi connectivity index (χ4n) is 2.60. The number of halogens is 1. The number of aliphatic hydroxyl groups excluding tert-OH is 1. The van der Waals surface area contributed by atoms with Crippen LogP contribution < -0.4 is 11.4 Å². The topological polar surface area (TPSA) is 111 Å². The van der Waals surface area contributed by atoms with Crippen LogP contribution in [-0.4, -0.2) is 43.0 Å². The average molecular weight is 319 g/mol. The summed E-state index contributed by atoms with van der Waals surface area (Å²) in [5.41, 5.74) is -0.982. The maximum Gasteiger partial charge on any atom is 0.351 e. The van der Waals surface area contributed by atoms with Gasteiger partial charge in [0.1, 0.15) is 17.0 Å². The lowest BCUT2D eigenvalue weighted by atomic mass is 9.82. The van der Waals surface area contributed by atoms with Crippen molar-refractivity contribution in [1.29, 1.82) is 0 Å². The van der Waals surface area contributed by atoms with Gasteiger partial charge in [-0.25, -0.2) is 9.18 Å². The number of aromatic nitrogens is 2. The number of anilines is 1. The minimum atomic E-state index is -2.46. The first-order chi connectivity index (χ1) is 9.43. The molecule has 4 N–H and O–H groups in total. The number of hydrogen-bond acceptors (Lipinski definition) is 6. The second-order valence-corrected chi connectivity index (χ2v) is 6.56. The van der Waals surface area contributed by atoms with Crippen LogP contribution in [-0.2, 0) is 10.5 Å². The third-order valence-electron chi connectivity index (χ3n) is 4.42. The second kappa shape index (κ2) is 4.46. The molecule has 7 nitrogen and oxygen atoms in total. The van der Waals surface area contributed by atoms with E-state index in [0.717, 1.165) is 4.57 Å². The second-order valence-electron chi connectivity index (χ2n) is 5.76. The molecule has 1 aliphatic rings. The smallest absolute Gasteiger partial charge is 0.351 e. The van der Waals surface area contributed by atoms with Crippen molar-refractivity contribution in [2.45, 2.75) is 43.1 Å². The first-order valence-corrected chi connectivity index (χ1v) is 6.87. The SMILES string of the molecule is CC1(CO)OC(C)(n2ccc(N)nc2=O)C(F)(P)C1(C)O. The minimum absolute atomic E-state index is 0.0114. The first-order valence-electron chi connectivity index (χ1n) is 6.30. The molecule has 1 aliphatic heterocycles. The normalized spacial score (nSPS) is 43.2. The van der Waals surface area contributed by atoms with Gasteiger partial charge in [0.15, 0.2) is 5.72 Å². The Morgan fingerprint density at radius 3 is 2.52 bits per heavy atom. The lowest BCUT2D eigenvalue weighted by molar-refractivity contribution is -0.181. The molecule has 9 heteroatoms. The molecule has 21 heavy (non-hydrogen) atoms. The van der Waals surface area contributed by atoms with Crippen molar-refractivity contribution >= 4 is 15.1 Å². The Kier molecular flexibility index (Phi) is 3.46. The molecular formula is C12H19FN3O4P. The van der Waals surface area contributed by atoms with E-state index >= 15 is 4.39 Å². The monoisotopic (exact) mass is 319 g/mol. The standard InChI is InChI=1S/C12H19FN3O4P/c1-9(6-17)10(2,19)12(13,21)11(3,20-9)16-5-4-7(14)15-8(16)18/h4-5,17,19H,6,21H2,1-3H3,(H2,14,15,18). The van der Waals surface area contributed by atoms with Crippen molar-refractivity contribution in [1.82, 2.24) is 9.55 Å². The number of ether oxygens (including phenoxy) is 1. The molecule has 0 aromatic carbocycles. The molecule has 0 aliphatic carbocycles. The van der Waals surface area contributed by atoms with Crippen molar-refractivity contribution in [3.05, 3.63) is 22.7 Å². The molecule has 0 amide bonds. The summed E-state index contributed by atoms with van der Waals surface area (Å²) in [6.45, 7) is 3.24. The Balaban J connectivity index is 2.70. The Labute approximate surface area is 123 Å². The highest BCUT2D eigenvalue weighted by atomic mass is 31.0. The molecule has 0 bridgehead atoms. The van der Waals surface area contributed by atoms with Gasteiger partial charge in [0.25, 0.3) is 0 Å². The van der Waals surface area contributed by atoms with Crippen LogP contribution in [0.1, 0.15) is 20.8 Å². The van der Waals surface area contributed by atoms with Crippen molar-refractivity contribution < 1.29 is 19.3 Å². The van der Waals surface area contributed by atoms with E-state index in [0.29, 0.717) is 0 Å². The van der Waals surface area contributed by atoms with E-state index < -0.39 is 34.6 Å². The van der Waals surface area contributed by atoms with Gasteiger partial charge in [-0.3, -0.25) is 4.57 Å². The number of nitrogens with two attached hydrogens (primary N) is 1. The predicted octanol–water partition coefficient (Wildman–Crippen LogP) is -0.429. The number of nitrogens with zero attached hydrogens (tertiary/aromatic N) is 2. The third-order valence-corrected chi connectivity index (χ3v) is 5.52. The zero-order chi connectivity index (χ0) is 16.3. The predicted molar refractivity (Wildman–Crippen MR) is 77.3 cm³/mol. The zero-order valence-electron chi connectivity index (χ0n) is 12.0. The summed E-state index contributed by atoms with van der Waals surface area (Å²) >= 11 is 0. The van der Waals surface area contributed by atoms with E-state index in [-0.39, 0.29) is 5.82 Å². The summed E-state index contributed by atoms with van der Waals surface area (Å²) in [5, 5.41) is 17.6. The van der Waals surface area contributed by atoms with Crippen molar-refractivity contribution in [2.24, 2.45) is 0 Å². The quantitative estimate of drug-likeness (QED) is 0.638. The van der Waals surface area contributed by atoms with Gasteiger partial charge in [-0.2, -0.15) is 4.98 Å². The number of nitrogen functional groups attached to an aromatic ring is 1. The van der Waals surface area contributed by atoms with Crippen molar-refractivity contribution in [2.75, 3.05) is 12.3 Å². The van der Waals surface area contributed by atoms with Gasteiger partial charge in [0.2, 0.25) is 5.41 Å². The fourth-order valence-corrected chi connectivity index (χ4v) is 3.10. The molecule has 5 unspecified atom stereocenters. The highest BCUT2D eigenvalue weighted by Gasteiger charge is 2.74. The van der Waals surface area contributed by atoms with E-state index in [1.165, 1.54) is 33.0 Å². The molecule has 1 aromatic heterocycles. The maximum absolute atomic E-state index is 15.3. The highest BCUT2D eigenvalue weighted by molar-refractivity contribution is 7.19. The first kappa shape index (κ1) is 16.3. The summed E-state index contributed by atoms with van der Waals surface area (Å²) in [5.74, 6) is -0.0114. The van der Waals surface area contributed by atoms with E-state index in [2.05, 4.69) is 4.98 Å². The Morgan fingerprint density at radius 1 is 1.52 bits per heavy atom. The summed E-state index contributed by atoms with van der Waals surface area (Å²) in [6, 6.07) is 1.32. The van der Waals surface area contributed by atoms with E-state index in [9.17, 15) is 15.0 Å². The van der Waals surface area contributed by atoms with Gasteiger partial charge >= 0.3 is 5.69 Å². The van der Waals surface area contributed by atoms with E-state index in [1.54, 1.807) is 0 Å². The summed E-state index contributed by atoms with van der Waals surface area (Å²) in [4.78, 5) is 15.5. The molecule has 5 atom stereocenters. The molecular weight excluding hydrogens is 300 g/mol. The lowest BCUT2D eigenvalue weighted by Crippen LogP contribution is -2.59. The van der Waals surface area contributed by atoms with Gasteiger partial charge in [-0.05, 0) is 26.8 Å². The largest absolute Gasteiger partial charge is 0.393 e. The van der Waals surface area contributed by atoms with Crippen molar-refractivity contribution in [3.63, 3.8) is 0 Å². The molecule has 118 valence electrons. The maximum atomic E-state index is 15.3. The Bertz CT molecular complexity index is 635. The molecule has 1 saturated heterocycles. The van der Waals surface area contributed by atoms with Crippen LogP contribution in [0.2, 0.25) is 0 Å². The van der Waals surface area contributed by atoms with Gasteiger partial charge in [0.05, 0.1) is 6.61 Å². The Hall–Kier alpha value is -1.08. The van der Waals surface area contributed by atoms with E-state index in [1.807, 2.05) is 9.24 Å². The highest BCUT2D eigenvalue weighted by Crippen LogP contribution is 2.59. The molecule has 2 rings (SSSR count). The van der Waals surface area contributed by atoms with Crippen LogP contribution in [0.15, 0.2) is 17.1 Å². The molecule has 2 heterocycles. The van der Waals surface area contributed by atoms with Crippen LogP contribution >= 0.6 is 9.24 Å². The van der Waals surface area contributed by atoms with Gasteiger partial charge in [-0.15, -0.1) is 0 Å². The van der Waals surface area contributed by atoms with E-state index in [4.69, 9.17) is 10.5 Å². The average Bonchev–Trinajstić information content (AvgIpc) is 2.46. The summed E-state index contributed by atoms with van der Waals surface area (Å²) < 4.78 is 21.9.